The lowest BCUT2D eigenvalue weighted by atomic mass is 9.75. The molecule has 1 aromatic rings. The van der Waals surface area contributed by atoms with Crippen LogP contribution >= 0.6 is 0 Å². The second-order valence-electron chi connectivity index (χ2n) is 6.05. The Labute approximate surface area is 115 Å². The minimum absolute atomic E-state index is 0.265. The van der Waals surface area contributed by atoms with Crippen molar-refractivity contribution in [2.75, 3.05) is 12.4 Å². The van der Waals surface area contributed by atoms with Crippen molar-refractivity contribution < 1.29 is 0 Å². The first kappa shape index (κ1) is 13.7. The standard InChI is InChI=1S/C16H23N3/c1-16(2)8-7-13(14(17)10-16)15(18)11-5-4-6-12(9-11)19-3/h4-6,9,18-19H,7-8,10,17H2,1-3H3. The van der Waals surface area contributed by atoms with Gasteiger partial charge in [-0.05, 0) is 42.4 Å². The van der Waals surface area contributed by atoms with Crippen molar-refractivity contribution in [2.45, 2.75) is 33.1 Å². The average Bonchev–Trinajstić information content (AvgIpc) is 2.37. The lowest BCUT2D eigenvalue weighted by molar-refractivity contribution is 0.315. The fraction of sp³-hybridized carbons (Fsp3) is 0.438. The van der Waals surface area contributed by atoms with Crippen molar-refractivity contribution in [3.63, 3.8) is 0 Å². The normalized spacial score (nSPS) is 18.3. The number of nitrogens with two attached hydrogens (primary N) is 1. The maximum atomic E-state index is 8.39. The molecule has 1 aliphatic rings. The summed E-state index contributed by atoms with van der Waals surface area (Å²) in [7, 11) is 1.89. The number of rotatable bonds is 3. The number of allylic oxidation sites excluding steroid dienone is 2. The second-order valence-corrected chi connectivity index (χ2v) is 6.05. The highest BCUT2D eigenvalue weighted by Crippen LogP contribution is 2.37. The van der Waals surface area contributed by atoms with Gasteiger partial charge in [-0.25, -0.2) is 0 Å². The quantitative estimate of drug-likeness (QED) is 0.725. The third-order valence-corrected chi connectivity index (χ3v) is 3.85. The van der Waals surface area contributed by atoms with Crippen LogP contribution in [0, 0.1) is 10.8 Å². The number of anilines is 1. The molecule has 0 fully saturated rings. The van der Waals surface area contributed by atoms with E-state index in [4.69, 9.17) is 11.1 Å². The topological polar surface area (TPSA) is 61.9 Å². The van der Waals surface area contributed by atoms with E-state index in [2.05, 4.69) is 19.2 Å². The van der Waals surface area contributed by atoms with Gasteiger partial charge in [0.25, 0.3) is 0 Å². The van der Waals surface area contributed by atoms with Crippen LogP contribution in [0.15, 0.2) is 35.5 Å². The zero-order valence-corrected chi connectivity index (χ0v) is 12.0. The van der Waals surface area contributed by atoms with Gasteiger partial charge in [0, 0.05) is 24.0 Å². The van der Waals surface area contributed by atoms with Crippen molar-refractivity contribution in [1.82, 2.24) is 0 Å². The molecule has 19 heavy (non-hydrogen) atoms. The van der Waals surface area contributed by atoms with E-state index in [9.17, 15) is 0 Å². The minimum atomic E-state index is 0.265. The van der Waals surface area contributed by atoms with Gasteiger partial charge in [-0.3, -0.25) is 5.41 Å². The molecule has 3 nitrogen and oxygen atoms in total. The van der Waals surface area contributed by atoms with Crippen molar-refractivity contribution >= 4 is 11.4 Å². The third kappa shape index (κ3) is 2.98. The molecular formula is C16H23N3. The Morgan fingerprint density at radius 1 is 1.37 bits per heavy atom. The summed E-state index contributed by atoms with van der Waals surface area (Å²) in [4.78, 5) is 0. The van der Waals surface area contributed by atoms with Gasteiger partial charge in [-0.2, -0.15) is 0 Å². The Kier molecular flexibility index (Phi) is 3.65. The molecule has 0 radical (unpaired) electrons. The Morgan fingerprint density at radius 2 is 2.11 bits per heavy atom. The first-order chi connectivity index (χ1) is 8.93. The molecule has 3 heteroatoms. The second kappa shape index (κ2) is 5.08. The fourth-order valence-corrected chi connectivity index (χ4v) is 2.62. The molecule has 102 valence electrons. The summed E-state index contributed by atoms with van der Waals surface area (Å²) in [5.74, 6) is 0. The van der Waals surface area contributed by atoms with Gasteiger partial charge in [0.05, 0.1) is 5.71 Å². The highest BCUT2D eigenvalue weighted by atomic mass is 14.8. The number of benzene rings is 1. The predicted octanol–water partition coefficient (Wildman–Crippen LogP) is 3.52. The maximum Gasteiger partial charge on any atom is 0.0662 e. The van der Waals surface area contributed by atoms with Crippen LogP contribution in [0.25, 0.3) is 0 Å². The van der Waals surface area contributed by atoms with Gasteiger partial charge in [-0.15, -0.1) is 0 Å². The highest BCUT2D eigenvalue weighted by molar-refractivity contribution is 6.11. The van der Waals surface area contributed by atoms with Gasteiger partial charge < -0.3 is 11.1 Å². The minimum Gasteiger partial charge on any atom is -0.402 e. The van der Waals surface area contributed by atoms with E-state index in [-0.39, 0.29) is 5.41 Å². The number of hydrogen-bond donors (Lipinski definition) is 3. The van der Waals surface area contributed by atoms with Crippen LogP contribution in [0.3, 0.4) is 0 Å². The van der Waals surface area contributed by atoms with Gasteiger partial charge in [0.1, 0.15) is 0 Å². The molecule has 0 unspecified atom stereocenters. The predicted molar refractivity (Wildman–Crippen MR) is 81.7 cm³/mol. The van der Waals surface area contributed by atoms with E-state index >= 15 is 0 Å². The van der Waals surface area contributed by atoms with Crippen LogP contribution < -0.4 is 11.1 Å². The molecule has 0 saturated heterocycles. The largest absolute Gasteiger partial charge is 0.402 e. The number of hydrogen-bond acceptors (Lipinski definition) is 3. The Balaban J connectivity index is 2.29. The molecule has 0 atom stereocenters. The molecular weight excluding hydrogens is 234 g/mol. The van der Waals surface area contributed by atoms with Crippen LogP contribution in [-0.2, 0) is 0 Å². The molecule has 0 saturated carbocycles. The SMILES string of the molecule is CNc1cccc(C(=N)C2=C(N)CC(C)(C)CC2)c1. The van der Waals surface area contributed by atoms with E-state index in [1.54, 1.807) is 0 Å². The van der Waals surface area contributed by atoms with Crippen LogP contribution in [0.2, 0.25) is 0 Å². The molecule has 2 rings (SSSR count). The zero-order chi connectivity index (χ0) is 14.0. The maximum absolute atomic E-state index is 8.39. The lowest BCUT2D eigenvalue weighted by Crippen LogP contribution is -2.25. The molecule has 0 heterocycles. The third-order valence-electron chi connectivity index (χ3n) is 3.85. The molecule has 4 N–H and O–H groups in total. The van der Waals surface area contributed by atoms with E-state index < -0.39 is 0 Å². The van der Waals surface area contributed by atoms with Crippen LogP contribution in [0.4, 0.5) is 5.69 Å². The molecule has 0 bridgehead atoms. The zero-order valence-electron chi connectivity index (χ0n) is 12.0. The summed E-state index contributed by atoms with van der Waals surface area (Å²) >= 11 is 0. The summed E-state index contributed by atoms with van der Waals surface area (Å²) in [6, 6.07) is 7.95. The monoisotopic (exact) mass is 257 g/mol. The summed E-state index contributed by atoms with van der Waals surface area (Å²) in [6.07, 6.45) is 2.88. The fourth-order valence-electron chi connectivity index (χ4n) is 2.62. The van der Waals surface area contributed by atoms with Crippen LogP contribution in [-0.4, -0.2) is 12.8 Å². The van der Waals surface area contributed by atoms with Crippen LogP contribution in [0.1, 0.15) is 38.7 Å². The van der Waals surface area contributed by atoms with Crippen molar-refractivity contribution in [1.29, 1.82) is 5.41 Å². The van der Waals surface area contributed by atoms with Gasteiger partial charge in [-0.1, -0.05) is 26.0 Å². The van der Waals surface area contributed by atoms with E-state index in [0.717, 1.165) is 41.8 Å². The van der Waals surface area contributed by atoms with Crippen molar-refractivity contribution in [3.05, 3.63) is 41.1 Å². The molecule has 1 aromatic carbocycles. The van der Waals surface area contributed by atoms with Gasteiger partial charge >= 0.3 is 0 Å². The van der Waals surface area contributed by atoms with E-state index in [0.29, 0.717) is 5.71 Å². The van der Waals surface area contributed by atoms with Crippen molar-refractivity contribution in [2.24, 2.45) is 11.1 Å². The average molecular weight is 257 g/mol. The molecule has 0 aliphatic heterocycles. The van der Waals surface area contributed by atoms with E-state index in [1.165, 1.54) is 0 Å². The summed E-state index contributed by atoms with van der Waals surface area (Å²) in [5, 5.41) is 11.5. The Morgan fingerprint density at radius 3 is 2.74 bits per heavy atom. The molecule has 0 spiro atoms. The summed E-state index contributed by atoms with van der Waals surface area (Å²) < 4.78 is 0. The van der Waals surface area contributed by atoms with E-state index in [1.807, 2.05) is 31.3 Å². The first-order valence-corrected chi connectivity index (χ1v) is 6.77. The molecule has 0 aromatic heterocycles. The summed E-state index contributed by atoms with van der Waals surface area (Å²) in [5.41, 5.74) is 10.9. The number of nitrogens with one attached hydrogen (secondary N) is 2. The molecule has 0 amide bonds. The summed E-state index contributed by atoms with van der Waals surface area (Å²) in [6.45, 7) is 4.48. The highest BCUT2D eigenvalue weighted by Gasteiger charge is 2.27. The first-order valence-electron chi connectivity index (χ1n) is 6.77. The van der Waals surface area contributed by atoms with Gasteiger partial charge in [0.2, 0.25) is 0 Å². The Hall–Kier alpha value is -1.77. The molecule has 1 aliphatic carbocycles. The smallest absolute Gasteiger partial charge is 0.0662 e. The van der Waals surface area contributed by atoms with Crippen LogP contribution in [0.5, 0.6) is 0 Å². The van der Waals surface area contributed by atoms with Crippen molar-refractivity contribution in [3.8, 4) is 0 Å². The Bertz CT molecular complexity index is 527. The lowest BCUT2D eigenvalue weighted by Gasteiger charge is -2.31. The van der Waals surface area contributed by atoms with Gasteiger partial charge in [0.15, 0.2) is 0 Å².